The summed E-state index contributed by atoms with van der Waals surface area (Å²) < 4.78 is 0.696. The van der Waals surface area contributed by atoms with Gasteiger partial charge < -0.3 is 10.6 Å². The van der Waals surface area contributed by atoms with E-state index in [2.05, 4.69) is 31.9 Å². The molecule has 2 aromatic carbocycles. The van der Waals surface area contributed by atoms with Gasteiger partial charge in [0.1, 0.15) is 0 Å². The van der Waals surface area contributed by atoms with Gasteiger partial charge in [0, 0.05) is 21.8 Å². The minimum Gasteiger partial charge on any atom is -0.332 e. The summed E-state index contributed by atoms with van der Waals surface area (Å²) in [6, 6.07) is 12.6. The number of hydrogen-bond donors (Lipinski definition) is 3. The van der Waals surface area contributed by atoms with Gasteiger partial charge in [-0.2, -0.15) is 0 Å². The van der Waals surface area contributed by atoms with E-state index in [0.717, 1.165) is 29.8 Å². The third-order valence-corrected chi connectivity index (χ3v) is 5.03. The molecule has 1 aliphatic rings. The molecule has 26 heavy (non-hydrogen) atoms. The van der Waals surface area contributed by atoms with E-state index < -0.39 is 0 Å². The Labute approximate surface area is 165 Å². The van der Waals surface area contributed by atoms with Gasteiger partial charge in [-0.1, -0.05) is 18.2 Å². The number of halogens is 1. The van der Waals surface area contributed by atoms with Crippen molar-refractivity contribution in [2.24, 2.45) is 5.92 Å². The summed E-state index contributed by atoms with van der Waals surface area (Å²) >= 11 is 8.60. The number of benzene rings is 2. The van der Waals surface area contributed by atoms with Crippen molar-refractivity contribution >= 4 is 56.4 Å². The fraction of sp³-hybridized carbons (Fsp3) is 0.211. The van der Waals surface area contributed by atoms with Crippen LogP contribution in [0.2, 0.25) is 0 Å². The number of carbonyl (C=O) groups is 2. The maximum absolute atomic E-state index is 12.3. The molecule has 3 rings (SSSR count). The molecule has 0 bridgehead atoms. The van der Waals surface area contributed by atoms with Crippen molar-refractivity contribution in [3.05, 3.63) is 58.1 Å². The maximum atomic E-state index is 12.3. The average molecular weight is 432 g/mol. The molecule has 134 valence electrons. The highest BCUT2D eigenvalue weighted by Crippen LogP contribution is 2.31. The molecular formula is C19H18BrN3O2S. The summed E-state index contributed by atoms with van der Waals surface area (Å²) in [7, 11) is 0. The lowest BCUT2D eigenvalue weighted by molar-refractivity contribution is -0.117. The smallest absolute Gasteiger partial charge is 0.258 e. The van der Waals surface area contributed by atoms with Crippen LogP contribution in [0, 0.1) is 12.8 Å². The van der Waals surface area contributed by atoms with Crippen molar-refractivity contribution in [3.63, 3.8) is 0 Å². The first-order valence-corrected chi connectivity index (χ1v) is 9.43. The summed E-state index contributed by atoms with van der Waals surface area (Å²) in [5.41, 5.74) is 2.83. The number of carbonyl (C=O) groups excluding carboxylic acids is 2. The molecule has 0 aliphatic heterocycles. The summed E-state index contributed by atoms with van der Waals surface area (Å²) in [6.45, 7) is 1.89. The third-order valence-electron chi connectivity index (χ3n) is 4.13. The largest absolute Gasteiger partial charge is 0.332 e. The molecule has 0 aromatic heterocycles. The number of rotatable bonds is 4. The van der Waals surface area contributed by atoms with Crippen LogP contribution in [0.4, 0.5) is 11.4 Å². The van der Waals surface area contributed by atoms with Gasteiger partial charge in [0.05, 0.1) is 5.56 Å². The van der Waals surface area contributed by atoms with E-state index in [-0.39, 0.29) is 22.8 Å². The molecule has 2 amide bonds. The first kappa shape index (κ1) is 18.5. The minimum absolute atomic E-state index is 0.0510. The predicted molar refractivity (Wildman–Crippen MR) is 110 cm³/mol. The number of hydrogen-bond acceptors (Lipinski definition) is 3. The molecule has 3 N–H and O–H groups in total. The molecule has 5 nitrogen and oxygen atoms in total. The van der Waals surface area contributed by atoms with Gasteiger partial charge in [0.25, 0.3) is 5.91 Å². The lowest BCUT2D eigenvalue weighted by Gasteiger charge is -2.15. The standard InChI is InChI=1S/C19H18BrN3O2S/c1-11-15(21-17(24)12-9-10-12)7-4-8-16(11)22-19(26)23-18(25)13-5-2-3-6-14(13)20/h2-8,12H,9-10H2,1H3,(H,21,24)(H2,22,23,25,26). The molecule has 1 fully saturated rings. The lowest BCUT2D eigenvalue weighted by Crippen LogP contribution is -2.34. The highest BCUT2D eigenvalue weighted by molar-refractivity contribution is 9.10. The zero-order chi connectivity index (χ0) is 18.7. The van der Waals surface area contributed by atoms with E-state index in [9.17, 15) is 9.59 Å². The lowest BCUT2D eigenvalue weighted by atomic mass is 10.1. The summed E-state index contributed by atoms with van der Waals surface area (Å²) in [4.78, 5) is 24.3. The summed E-state index contributed by atoms with van der Waals surface area (Å²) in [5, 5.41) is 8.83. The zero-order valence-electron chi connectivity index (χ0n) is 14.1. The van der Waals surface area contributed by atoms with Crippen LogP contribution in [0.3, 0.4) is 0 Å². The Morgan fingerprint density at radius 3 is 2.35 bits per heavy atom. The Bertz CT molecular complexity index is 881. The number of nitrogens with one attached hydrogen (secondary N) is 3. The molecule has 0 spiro atoms. The number of thiocarbonyl (C=S) groups is 1. The van der Waals surface area contributed by atoms with Crippen LogP contribution in [0.15, 0.2) is 46.9 Å². The van der Waals surface area contributed by atoms with Crippen LogP contribution in [0.5, 0.6) is 0 Å². The SMILES string of the molecule is Cc1c(NC(=O)C2CC2)cccc1NC(=S)NC(=O)c1ccccc1Br. The molecule has 0 atom stereocenters. The second-order valence-electron chi connectivity index (χ2n) is 6.13. The Balaban J connectivity index is 1.66. The number of amides is 2. The van der Waals surface area contributed by atoms with Crippen molar-refractivity contribution < 1.29 is 9.59 Å². The van der Waals surface area contributed by atoms with E-state index >= 15 is 0 Å². The van der Waals surface area contributed by atoms with Crippen LogP contribution in [-0.4, -0.2) is 16.9 Å². The van der Waals surface area contributed by atoms with Gasteiger partial charge in [0.2, 0.25) is 5.91 Å². The van der Waals surface area contributed by atoms with Gasteiger partial charge in [0.15, 0.2) is 5.11 Å². The molecule has 7 heteroatoms. The van der Waals surface area contributed by atoms with E-state index in [0.29, 0.717) is 10.0 Å². The van der Waals surface area contributed by atoms with Gasteiger partial charge >= 0.3 is 0 Å². The molecule has 0 radical (unpaired) electrons. The van der Waals surface area contributed by atoms with Gasteiger partial charge in [-0.3, -0.25) is 14.9 Å². The maximum Gasteiger partial charge on any atom is 0.258 e. The van der Waals surface area contributed by atoms with Crippen molar-refractivity contribution in [2.75, 3.05) is 10.6 Å². The van der Waals surface area contributed by atoms with Gasteiger partial charge in [-0.25, -0.2) is 0 Å². The van der Waals surface area contributed by atoms with E-state index in [1.165, 1.54) is 0 Å². The topological polar surface area (TPSA) is 70.2 Å². The van der Waals surface area contributed by atoms with Crippen molar-refractivity contribution in [1.82, 2.24) is 5.32 Å². The fourth-order valence-corrected chi connectivity index (χ4v) is 3.12. The van der Waals surface area contributed by atoms with Crippen molar-refractivity contribution in [1.29, 1.82) is 0 Å². The quantitative estimate of drug-likeness (QED) is 0.633. The minimum atomic E-state index is -0.300. The molecule has 0 heterocycles. The van der Waals surface area contributed by atoms with Crippen molar-refractivity contribution in [2.45, 2.75) is 19.8 Å². The van der Waals surface area contributed by atoms with Crippen LogP contribution in [-0.2, 0) is 4.79 Å². The molecule has 0 saturated heterocycles. The second kappa shape index (κ2) is 7.97. The average Bonchev–Trinajstić information content (AvgIpc) is 3.43. The highest BCUT2D eigenvalue weighted by atomic mass is 79.9. The van der Waals surface area contributed by atoms with E-state index in [4.69, 9.17) is 12.2 Å². The van der Waals surface area contributed by atoms with Crippen LogP contribution in [0.25, 0.3) is 0 Å². The number of anilines is 2. The fourth-order valence-electron chi connectivity index (χ4n) is 2.46. The molecule has 1 aliphatic carbocycles. The summed E-state index contributed by atoms with van der Waals surface area (Å²) in [5.74, 6) is -0.114. The Kier molecular flexibility index (Phi) is 5.68. The van der Waals surface area contributed by atoms with E-state index in [1.54, 1.807) is 18.2 Å². The molecular weight excluding hydrogens is 414 g/mol. The highest BCUT2D eigenvalue weighted by Gasteiger charge is 2.29. The van der Waals surface area contributed by atoms with Crippen LogP contribution >= 0.6 is 28.1 Å². The first-order valence-electron chi connectivity index (χ1n) is 8.23. The van der Waals surface area contributed by atoms with Gasteiger partial charge in [-0.05, 0) is 77.7 Å². The first-order chi connectivity index (χ1) is 12.5. The molecule has 1 saturated carbocycles. The predicted octanol–water partition coefficient (Wildman–Crippen LogP) is 4.23. The van der Waals surface area contributed by atoms with Gasteiger partial charge in [-0.15, -0.1) is 0 Å². The Morgan fingerprint density at radius 2 is 1.69 bits per heavy atom. The van der Waals surface area contributed by atoms with E-state index in [1.807, 2.05) is 31.2 Å². The van der Waals surface area contributed by atoms with Crippen LogP contribution in [0.1, 0.15) is 28.8 Å². The zero-order valence-corrected chi connectivity index (χ0v) is 16.5. The van der Waals surface area contributed by atoms with Crippen LogP contribution < -0.4 is 16.0 Å². The molecule has 0 unspecified atom stereocenters. The second-order valence-corrected chi connectivity index (χ2v) is 7.39. The van der Waals surface area contributed by atoms with Crippen molar-refractivity contribution in [3.8, 4) is 0 Å². The molecule has 2 aromatic rings. The summed E-state index contributed by atoms with van der Waals surface area (Å²) in [6.07, 6.45) is 1.90. The normalized spacial score (nSPS) is 13.0. The Hall–Kier alpha value is -2.25. The Morgan fingerprint density at radius 1 is 1.04 bits per heavy atom. The third kappa shape index (κ3) is 4.47. The monoisotopic (exact) mass is 431 g/mol.